The highest BCUT2D eigenvalue weighted by atomic mass is 16.4. The third kappa shape index (κ3) is 2.33. The van der Waals surface area contributed by atoms with Crippen LogP contribution in [0.3, 0.4) is 0 Å². The number of piperazine rings is 1. The van der Waals surface area contributed by atoms with Crippen LogP contribution in [0.1, 0.15) is 10.4 Å². The number of quaternary nitrogens is 1. The predicted octanol–water partition coefficient (Wildman–Crippen LogP) is -0.280. The van der Waals surface area contributed by atoms with Crippen molar-refractivity contribution in [3.8, 4) is 0 Å². The molecule has 0 spiro atoms. The lowest BCUT2D eigenvalue weighted by Crippen LogP contribution is -3.12. The normalized spacial score (nSPS) is 17.4. The summed E-state index contributed by atoms with van der Waals surface area (Å²) < 4.78 is 0. The highest BCUT2D eigenvalue weighted by Gasteiger charge is 2.16. The Labute approximate surface area is 95.1 Å². The van der Waals surface area contributed by atoms with Crippen LogP contribution in [0.5, 0.6) is 0 Å². The number of benzene rings is 1. The minimum absolute atomic E-state index is 0.350. The Kier molecular flexibility index (Phi) is 3.10. The molecule has 0 unspecified atom stereocenters. The minimum Gasteiger partial charge on any atom is -0.478 e. The van der Waals surface area contributed by atoms with Crippen LogP contribution >= 0.6 is 0 Å². The maximum Gasteiger partial charge on any atom is 0.335 e. The molecular formula is C12H17N2O2+. The second-order valence-corrected chi connectivity index (χ2v) is 4.30. The molecule has 0 atom stereocenters. The summed E-state index contributed by atoms with van der Waals surface area (Å²) in [6.07, 6.45) is 0. The number of nitrogens with one attached hydrogen (secondary N) is 1. The lowest BCUT2D eigenvalue weighted by molar-refractivity contribution is -0.880. The van der Waals surface area contributed by atoms with Crippen LogP contribution in [0.25, 0.3) is 0 Å². The maximum absolute atomic E-state index is 10.7. The van der Waals surface area contributed by atoms with Gasteiger partial charge in [0.25, 0.3) is 0 Å². The molecule has 1 aromatic carbocycles. The van der Waals surface area contributed by atoms with Gasteiger partial charge in [-0.25, -0.2) is 4.79 Å². The molecule has 2 N–H and O–H groups in total. The molecule has 0 saturated carbocycles. The molecule has 1 heterocycles. The van der Waals surface area contributed by atoms with Crippen molar-refractivity contribution >= 4 is 11.7 Å². The third-order valence-corrected chi connectivity index (χ3v) is 3.10. The largest absolute Gasteiger partial charge is 0.478 e. The second-order valence-electron chi connectivity index (χ2n) is 4.30. The summed E-state index contributed by atoms with van der Waals surface area (Å²) >= 11 is 0. The van der Waals surface area contributed by atoms with E-state index in [1.165, 1.54) is 0 Å². The van der Waals surface area contributed by atoms with Crippen molar-refractivity contribution in [1.82, 2.24) is 0 Å². The van der Waals surface area contributed by atoms with Crippen LogP contribution in [-0.4, -0.2) is 44.3 Å². The van der Waals surface area contributed by atoms with Crippen molar-refractivity contribution in [1.29, 1.82) is 0 Å². The average Bonchev–Trinajstić information content (AvgIpc) is 2.30. The molecule has 1 aromatic rings. The average molecular weight is 221 g/mol. The van der Waals surface area contributed by atoms with Gasteiger partial charge in [0.15, 0.2) is 0 Å². The number of hydrogen-bond donors (Lipinski definition) is 2. The summed E-state index contributed by atoms with van der Waals surface area (Å²) in [5.74, 6) is -0.866. The molecule has 4 heteroatoms. The maximum atomic E-state index is 10.7. The molecule has 1 fully saturated rings. The van der Waals surface area contributed by atoms with Crippen molar-refractivity contribution in [2.75, 3.05) is 38.1 Å². The summed E-state index contributed by atoms with van der Waals surface area (Å²) in [5, 5.41) is 8.80. The summed E-state index contributed by atoms with van der Waals surface area (Å²) in [7, 11) is 2.20. The van der Waals surface area contributed by atoms with Crippen molar-refractivity contribution < 1.29 is 14.8 Å². The van der Waals surface area contributed by atoms with Crippen LogP contribution in [0.15, 0.2) is 24.3 Å². The molecule has 1 aliphatic heterocycles. The lowest BCUT2D eigenvalue weighted by atomic mass is 10.2. The Morgan fingerprint density at radius 3 is 2.31 bits per heavy atom. The molecular weight excluding hydrogens is 204 g/mol. The number of rotatable bonds is 2. The third-order valence-electron chi connectivity index (χ3n) is 3.10. The Hall–Kier alpha value is -1.55. The number of likely N-dealkylation sites (N-methyl/N-ethyl adjacent to an activating group) is 1. The standard InChI is InChI=1S/C12H16N2O2/c1-13-6-8-14(9-7-13)11-4-2-10(3-5-11)12(15)16/h2-5H,6-9H2,1H3,(H,15,16)/p+1. The van der Waals surface area contributed by atoms with Gasteiger partial charge in [-0.05, 0) is 24.3 Å². The predicted molar refractivity (Wildman–Crippen MR) is 62.2 cm³/mol. The van der Waals surface area contributed by atoms with E-state index >= 15 is 0 Å². The monoisotopic (exact) mass is 221 g/mol. The zero-order valence-electron chi connectivity index (χ0n) is 9.44. The number of aromatic carboxylic acids is 1. The second kappa shape index (κ2) is 4.53. The van der Waals surface area contributed by atoms with E-state index in [1.807, 2.05) is 12.1 Å². The van der Waals surface area contributed by atoms with Crippen molar-refractivity contribution in [2.45, 2.75) is 0 Å². The Morgan fingerprint density at radius 1 is 1.25 bits per heavy atom. The highest BCUT2D eigenvalue weighted by molar-refractivity contribution is 5.88. The summed E-state index contributed by atoms with van der Waals surface area (Å²) in [5.41, 5.74) is 1.47. The first kappa shape index (κ1) is 11.0. The number of nitrogens with zero attached hydrogens (tertiary/aromatic N) is 1. The number of carboxylic acid groups (broad SMARTS) is 1. The van der Waals surface area contributed by atoms with Gasteiger partial charge >= 0.3 is 5.97 Å². The van der Waals surface area contributed by atoms with Gasteiger partial charge in [-0.1, -0.05) is 0 Å². The molecule has 2 rings (SSSR count). The van der Waals surface area contributed by atoms with E-state index in [0.29, 0.717) is 5.56 Å². The van der Waals surface area contributed by atoms with E-state index < -0.39 is 5.97 Å². The zero-order valence-corrected chi connectivity index (χ0v) is 9.44. The van der Waals surface area contributed by atoms with Crippen molar-refractivity contribution in [2.24, 2.45) is 0 Å². The van der Waals surface area contributed by atoms with E-state index in [4.69, 9.17) is 5.11 Å². The Morgan fingerprint density at radius 2 is 1.81 bits per heavy atom. The van der Waals surface area contributed by atoms with Gasteiger partial charge in [-0.2, -0.15) is 0 Å². The molecule has 16 heavy (non-hydrogen) atoms. The van der Waals surface area contributed by atoms with Crippen molar-refractivity contribution in [3.05, 3.63) is 29.8 Å². The quantitative estimate of drug-likeness (QED) is 0.722. The van der Waals surface area contributed by atoms with Crippen molar-refractivity contribution in [3.63, 3.8) is 0 Å². The number of carboxylic acids is 1. The van der Waals surface area contributed by atoms with E-state index in [1.54, 1.807) is 17.0 Å². The summed E-state index contributed by atoms with van der Waals surface area (Å²) in [6, 6.07) is 7.12. The first-order valence-electron chi connectivity index (χ1n) is 5.56. The molecule has 1 saturated heterocycles. The first-order valence-corrected chi connectivity index (χ1v) is 5.56. The fourth-order valence-corrected chi connectivity index (χ4v) is 1.96. The number of carbonyl (C=O) groups is 1. The SMILES string of the molecule is C[NH+]1CCN(c2ccc(C(=O)O)cc2)CC1. The van der Waals surface area contributed by atoms with Crippen LogP contribution in [-0.2, 0) is 0 Å². The topological polar surface area (TPSA) is 45.0 Å². The van der Waals surface area contributed by atoms with Gasteiger partial charge in [0.05, 0.1) is 38.8 Å². The van der Waals surface area contributed by atoms with Gasteiger partial charge in [-0.3, -0.25) is 0 Å². The van der Waals surface area contributed by atoms with E-state index in [9.17, 15) is 4.79 Å². The number of anilines is 1. The molecule has 1 aliphatic rings. The molecule has 0 radical (unpaired) electrons. The molecule has 0 aromatic heterocycles. The lowest BCUT2D eigenvalue weighted by Gasteiger charge is -2.31. The minimum atomic E-state index is -0.866. The van der Waals surface area contributed by atoms with Gasteiger partial charge in [0.2, 0.25) is 0 Å². The van der Waals surface area contributed by atoms with Crippen LogP contribution in [0, 0.1) is 0 Å². The smallest absolute Gasteiger partial charge is 0.335 e. The van der Waals surface area contributed by atoms with E-state index in [-0.39, 0.29) is 0 Å². The number of hydrogen-bond acceptors (Lipinski definition) is 2. The molecule has 86 valence electrons. The zero-order chi connectivity index (χ0) is 11.5. The Bertz CT molecular complexity index is 367. The van der Waals surface area contributed by atoms with Crippen LogP contribution in [0.4, 0.5) is 5.69 Å². The van der Waals surface area contributed by atoms with Gasteiger partial charge in [0, 0.05) is 5.69 Å². The van der Waals surface area contributed by atoms with E-state index in [2.05, 4.69) is 11.9 Å². The van der Waals surface area contributed by atoms with Gasteiger partial charge in [-0.15, -0.1) is 0 Å². The first-order chi connectivity index (χ1) is 7.66. The molecule has 4 nitrogen and oxygen atoms in total. The molecule has 0 amide bonds. The fraction of sp³-hybridized carbons (Fsp3) is 0.417. The fourth-order valence-electron chi connectivity index (χ4n) is 1.96. The molecule has 0 aliphatic carbocycles. The van der Waals surface area contributed by atoms with Gasteiger partial charge < -0.3 is 14.9 Å². The molecule has 0 bridgehead atoms. The van der Waals surface area contributed by atoms with Crippen LogP contribution in [0.2, 0.25) is 0 Å². The van der Waals surface area contributed by atoms with Crippen LogP contribution < -0.4 is 9.80 Å². The van der Waals surface area contributed by atoms with Gasteiger partial charge in [0.1, 0.15) is 0 Å². The van der Waals surface area contributed by atoms with E-state index in [0.717, 1.165) is 31.9 Å². The highest BCUT2D eigenvalue weighted by Crippen LogP contribution is 2.15. The Balaban J connectivity index is 2.07. The summed E-state index contributed by atoms with van der Waals surface area (Å²) in [4.78, 5) is 14.6. The summed E-state index contributed by atoms with van der Waals surface area (Å²) in [6.45, 7) is 4.36.